The van der Waals surface area contributed by atoms with Crippen LogP contribution >= 0.6 is 0 Å². The Morgan fingerprint density at radius 2 is 1.65 bits per heavy atom. The van der Waals surface area contributed by atoms with E-state index in [1.165, 1.54) is 5.56 Å². The van der Waals surface area contributed by atoms with Crippen molar-refractivity contribution in [1.29, 1.82) is 0 Å². The molecule has 0 bridgehead atoms. The van der Waals surface area contributed by atoms with Crippen LogP contribution in [0.3, 0.4) is 0 Å². The van der Waals surface area contributed by atoms with Crippen LogP contribution in [-0.4, -0.2) is 15.9 Å². The Morgan fingerprint density at radius 1 is 0.962 bits per heavy atom. The number of anilines is 2. The predicted molar refractivity (Wildman–Crippen MR) is 104 cm³/mol. The largest absolute Gasteiger partial charge is 0.381 e. The summed E-state index contributed by atoms with van der Waals surface area (Å²) in [6, 6.07) is 11.6. The third-order valence-corrected chi connectivity index (χ3v) is 4.15. The minimum atomic E-state index is -0.215. The minimum Gasteiger partial charge on any atom is -0.381 e. The number of aromatic nitrogens is 2. The predicted octanol–water partition coefficient (Wildman–Crippen LogP) is 4.27. The average molecular weight is 346 g/mol. The van der Waals surface area contributed by atoms with Crippen LogP contribution in [0.1, 0.15) is 32.7 Å². The molecule has 0 spiro atoms. The van der Waals surface area contributed by atoms with Gasteiger partial charge in [0.1, 0.15) is 5.69 Å². The van der Waals surface area contributed by atoms with Gasteiger partial charge in [0.15, 0.2) is 0 Å². The lowest BCUT2D eigenvalue weighted by Crippen LogP contribution is -2.15. The monoisotopic (exact) mass is 346 g/mol. The van der Waals surface area contributed by atoms with Crippen LogP contribution in [0.15, 0.2) is 55.0 Å². The van der Waals surface area contributed by atoms with Gasteiger partial charge in [-0.2, -0.15) is 0 Å². The number of nitrogens with one attached hydrogen (secondary N) is 2. The zero-order valence-electron chi connectivity index (χ0n) is 15.2. The van der Waals surface area contributed by atoms with E-state index in [1.54, 1.807) is 24.7 Å². The van der Waals surface area contributed by atoms with Gasteiger partial charge in [0.05, 0.1) is 0 Å². The highest BCUT2D eigenvalue weighted by molar-refractivity contribution is 6.04. The smallest absolute Gasteiger partial charge is 0.274 e. The SMILES string of the molecule is Cc1cc(C)c(NC(=O)c2cc(NCc3ccncc3)ccn2)c(C)c1. The van der Waals surface area contributed by atoms with Gasteiger partial charge >= 0.3 is 0 Å². The van der Waals surface area contributed by atoms with E-state index >= 15 is 0 Å². The van der Waals surface area contributed by atoms with Crippen molar-refractivity contribution in [2.45, 2.75) is 27.3 Å². The number of nitrogens with zero attached hydrogens (tertiary/aromatic N) is 2. The van der Waals surface area contributed by atoms with Crippen LogP contribution in [0, 0.1) is 20.8 Å². The Morgan fingerprint density at radius 3 is 2.35 bits per heavy atom. The lowest BCUT2D eigenvalue weighted by Gasteiger charge is -2.13. The van der Waals surface area contributed by atoms with Crippen molar-refractivity contribution in [3.8, 4) is 0 Å². The van der Waals surface area contributed by atoms with Gasteiger partial charge in [-0.1, -0.05) is 17.7 Å². The highest BCUT2D eigenvalue weighted by Gasteiger charge is 2.12. The maximum atomic E-state index is 12.6. The summed E-state index contributed by atoms with van der Waals surface area (Å²) < 4.78 is 0. The molecule has 0 unspecified atom stereocenters. The Kier molecular flexibility index (Phi) is 5.27. The van der Waals surface area contributed by atoms with Gasteiger partial charge in [-0.05, 0) is 61.7 Å². The molecule has 0 fully saturated rings. The van der Waals surface area contributed by atoms with Crippen molar-refractivity contribution >= 4 is 17.3 Å². The summed E-state index contributed by atoms with van der Waals surface area (Å²) in [6.45, 7) is 6.69. The van der Waals surface area contributed by atoms with Crippen molar-refractivity contribution < 1.29 is 4.79 Å². The first-order valence-corrected chi connectivity index (χ1v) is 8.51. The van der Waals surface area contributed by atoms with Crippen LogP contribution in [0.2, 0.25) is 0 Å². The number of rotatable bonds is 5. The first kappa shape index (κ1) is 17.6. The Hall–Kier alpha value is -3.21. The standard InChI is InChI=1S/C21H22N4O/c1-14-10-15(2)20(16(3)11-14)25-21(26)19-12-18(6-9-23-19)24-13-17-4-7-22-8-5-17/h4-12H,13H2,1-3H3,(H,23,24)(H,25,26). The summed E-state index contributed by atoms with van der Waals surface area (Å²) in [5, 5.41) is 6.29. The van der Waals surface area contributed by atoms with Crippen LogP contribution < -0.4 is 10.6 Å². The molecule has 1 amide bonds. The van der Waals surface area contributed by atoms with E-state index in [0.717, 1.165) is 28.1 Å². The van der Waals surface area contributed by atoms with Gasteiger partial charge in [-0.3, -0.25) is 14.8 Å². The molecule has 3 aromatic rings. The van der Waals surface area contributed by atoms with Gasteiger partial charge in [0, 0.05) is 36.5 Å². The molecule has 0 saturated heterocycles. The van der Waals surface area contributed by atoms with Gasteiger partial charge in [0.25, 0.3) is 5.91 Å². The highest BCUT2D eigenvalue weighted by Crippen LogP contribution is 2.22. The lowest BCUT2D eigenvalue weighted by atomic mass is 10.0. The van der Waals surface area contributed by atoms with E-state index in [2.05, 4.69) is 32.7 Å². The number of amides is 1. The number of benzene rings is 1. The number of carbonyl (C=O) groups is 1. The minimum absolute atomic E-state index is 0.215. The third-order valence-electron chi connectivity index (χ3n) is 4.15. The molecule has 3 rings (SSSR count). The molecular formula is C21H22N4O. The topological polar surface area (TPSA) is 66.9 Å². The van der Waals surface area contributed by atoms with Crippen molar-refractivity contribution in [3.05, 3.63) is 82.9 Å². The van der Waals surface area contributed by atoms with Crippen molar-refractivity contribution in [2.75, 3.05) is 10.6 Å². The second kappa shape index (κ2) is 7.78. The van der Waals surface area contributed by atoms with E-state index in [4.69, 9.17) is 0 Å². The fraction of sp³-hybridized carbons (Fsp3) is 0.190. The number of carbonyl (C=O) groups excluding carboxylic acids is 1. The second-order valence-corrected chi connectivity index (χ2v) is 6.37. The summed E-state index contributed by atoms with van der Waals surface area (Å²) >= 11 is 0. The molecule has 2 N–H and O–H groups in total. The molecule has 0 aliphatic carbocycles. The molecule has 26 heavy (non-hydrogen) atoms. The molecule has 0 aliphatic rings. The summed E-state index contributed by atoms with van der Waals surface area (Å²) in [4.78, 5) is 20.8. The van der Waals surface area contributed by atoms with Gasteiger partial charge in [0.2, 0.25) is 0 Å². The maximum Gasteiger partial charge on any atom is 0.274 e. The van der Waals surface area contributed by atoms with Gasteiger partial charge < -0.3 is 10.6 Å². The molecule has 2 aromatic heterocycles. The molecule has 2 heterocycles. The second-order valence-electron chi connectivity index (χ2n) is 6.37. The molecular weight excluding hydrogens is 324 g/mol. The van der Waals surface area contributed by atoms with Crippen LogP contribution in [0.4, 0.5) is 11.4 Å². The van der Waals surface area contributed by atoms with E-state index in [0.29, 0.717) is 12.2 Å². The number of pyridine rings is 2. The Balaban J connectivity index is 1.72. The first-order chi connectivity index (χ1) is 12.5. The average Bonchev–Trinajstić information content (AvgIpc) is 2.64. The van der Waals surface area contributed by atoms with E-state index in [-0.39, 0.29) is 5.91 Å². The lowest BCUT2D eigenvalue weighted by molar-refractivity contribution is 0.102. The van der Waals surface area contributed by atoms with Crippen molar-refractivity contribution in [2.24, 2.45) is 0 Å². The Bertz CT molecular complexity index is 899. The fourth-order valence-electron chi connectivity index (χ4n) is 2.92. The zero-order valence-corrected chi connectivity index (χ0v) is 15.2. The molecule has 0 saturated carbocycles. The third kappa shape index (κ3) is 4.25. The number of aryl methyl sites for hydroxylation is 3. The summed E-state index contributed by atoms with van der Waals surface area (Å²) in [5.41, 5.74) is 6.46. The molecule has 0 atom stereocenters. The van der Waals surface area contributed by atoms with Crippen molar-refractivity contribution in [3.63, 3.8) is 0 Å². The van der Waals surface area contributed by atoms with Gasteiger partial charge in [-0.25, -0.2) is 0 Å². The normalized spacial score (nSPS) is 10.4. The first-order valence-electron chi connectivity index (χ1n) is 8.51. The molecule has 5 heteroatoms. The summed E-state index contributed by atoms with van der Waals surface area (Å²) in [6.07, 6.45) is 5.15. The quantitative estimate of drug-likeness (QED) is 0.724. The molecule has 1 aromatic carbocycles. The van der Waals surface area contributed by atoms with Crippen LogP contribution in [-0.2, 0) is 6.54 Å². The summed E-state index contributed by atoms with van der Waals surface area (Å²) in [5.74, 6) is -0.215. The number of hydrogen-bond donors (Lipinski definition) is 2. The maximum absolute atomic E-state index is 12.6. The molecule has 0 radical (unpaired) electrons. The highest BCUT2D eigenvalue weighted by atomic mass is 16.1. The van der Waals surface area contributed by atoms with Crippen LogP contribution in [0.5, 0.6) is 0 Å². The van der Waals surface area contributed by atoms with E-state index in [9.17, 15) is 4.79 Å². The van der Waals surface area contributed by atoms with Crippen LogP contribution in [0.25, 0.3) is 0 Å². The molecule has 0 aliphatic heterocycles. The molecule has 132 valence electrons. The molecule has 5 nitrogen and oxygen atoms in total. The van der Waals surface area contributed by atoms with E-state index < -0.39 is 0 Å². The fourth-order valence-corrected chi connectivity index (χ4v) is 2.92. The zero-order chi connectivity index (χ0) is 18.5. The van der Waals surface area contributed by atoms with Gasteiger partial charge in [-0.15, -0.1) is 0 Å². The van der Waals surface area contributed by atoms with Crippen molar-refractivity contribution in [1.82, 2.24) is 9.97 Å². The Labute approximate surface area is 153 Å². The van der Waals surface area contributed by atoms with E-state index in [1.807, 2.05) is 39.0 Å². The number of hydrogen-bond acceptors (Lipinski definition) is 4. The summed E-state index contributed by atoms with van der Waals surface area (Å²) in [7, 11) is 0.